The molecule has 0 unspecified atom stereocenters. The fourth-order valence-corrected chi connectivity index (χ4v) is 4.38. The fraction of sp³-hybridized carbons (Fsp3) is 0.682. The number of esters is 2. The number of aromatic nitrogens is 4. The third kappa shape index (κ3) is 5.23. The SMILES string of the molecule is CCC(=O)O[C@H]1[C@H](OC(=O)CC)[C@@H](CO[Si](C)(C)C(C)(C)C)O[C@H]1n1cnc2c(N)ncnc21. The summed E-state index contributed by atoms with van der Waals surface area (Å²) >= 11 is 0. The van der Waals surface area contributed by atoms with Gasteiger partial charge in [0.25, 0.3) is 0 Å². The van der Waals surface area contributed by atoms with Gasteiger partial charge in [0.05, 0.1) is 12.9 Å². The molecule has 0 saturated carbocycles. The third-order valence-electron chi connectivity index (χ3n) is 6.47. The number of nitrogen functional groups attached to an aromatic ring is 1. The van der Waals surface area contributed by atoms with Crippen LogP contribution in [-0.4, -0.2) is 64.7 Å². The molecule has 11 nitrogen and oxygen atoms in total. The smallest absolute Gasteiger partial charge is 0.306 e. The lowest BCUT2D eigenvalue weighted by molar-refractivity contribution is -0.168. The van der Waals surface area contributed by atoms with Crippen molar-refractivity contribution in [3.05, 3.63) is 12.7 Å². The summed E-state index contributed by atoms with van der Waals surface area (Å²) in [5.74, 6) is -0.650. The Kier molecular flexibility index (Phi) is 7.63. The highest BCUT2D eigenvalue weighted by Gasteiger charge is 2.52. The number of nitrogens with zero attached hydrogens (tertiary/aromatic N) is 4. The van der Waals surface area contributed by atoms with E-state index in [1.807, 2.05) is 0 Å². The van der Waals surface area contributed by atoms with Gasteiger partial charge in [0.15, 0.2) is 38.2 Å². The van der Waals surface area contributed by atoms with Crippen LogP contribution in [-0.2, 0) is 28.2 Å². The predicted octanol–water partition coefficient (Wildman–Crippen LogP) is 2.97. The molecule has 34 heavy (non-hydrogen) atoms. The van der Waals surface area contributed by atoms with E-state index in [-0.39, 0.29) is 30.3 Å². The Bertz CT molecular complexity index is 1040. The summed E-state index contributed by atoms with van der Waals surface area (Å²) in [5, 5.41) is -0.0241. The van der Waals surface area contributed by atoms with Crippen LogP contribution in [0, 0.1) is 0 Å². The molecule has 1 saturated heterocycles. The fourth-order valence-electron chi connectivity index (χ4n) is 3.37. The molecule has 1 aliphatic rings. The van der Waals surface area contributed by atoms with Gasteiger partial charge in [-0.15, -0.1) is 0 Å². The molecule has 188 valence electrons. The molecule has 0 aliphatic carbocycles. The van der Waals surface area contributed by atoms with Crippen molar-refractivity contribution >= 4 is 37.2 Å². The van der Waals surface area contributed by atoms with Crippen molar-refractivity contribution in [2.24, 2.45) is 0 Å². The first-order valence-corrected chi connectivity index (χ1v) is 14.4. The van der Waals surface area contributed by atoms with Gasteiger partial charge in [-0.2, -0.15) is 0 Å². The topological polar surface area (TPSA) is 141 Å². The summed E-state index contributed by atoms with van der Waals surface area (Å²) in [5.41, 5.74) is 6.76. The molecule has 0 amide bonds. The highest BCUT2D eigenvalue weighted by atomic mass is 28.4. The van der Waals surface area contributed by atoms with Gasteiger partial charge >= 0.3 is 11.9 Å². The average Bonchev–Trinajstić information content (AvgIpc) is 3.34. The minimum Gasteiger partial charge on any atom is -0.455 e. The number of rotatable bonds is 8. The van der Waals surface area contributed by atoms with E-state index in [2.05, 4.69) is 48.8 Å². The molecule has 0 spiro atoms. The number of carbonyl (C=O) groups is 2. The molecule has 4 atom stereocenters. The van der Waals surface area contributed by atoms with Gasteiger partial charge in [-0.1, -0.05) is 34.6 Å². The zero-order chi connectivity index (χ0) is 25.3. The number of fused-ring (bicyclic) bond motifs is 1. The largest absolute Gasteiger partial charge is 0.455 e. The number of anilines is 1. The zero-order valence-corrected chi connectivity index (χ0v) is 21.9. The van der Waals surface area contributed by atoms with Crippen LogP contribution in [0.15, 0.2) is 12.7 Å². The lowest BCUT2D eigenvalue weighted by Gasteiger charge is -2.37. The van der Waals surface area contributed by atoms with Gasteiger partial charge < -0.3 is 24.4 Å². The van der Waals surface area contributed by atoms with E-state index in [0.29, 0.717) is 11.2 Å². The maximum atomic E-state index is 12.3. The maximum absolute atomic E-state index is 12.3. The van der Waals surface area contributed by atoms with Crippen LogP contribution >= 0.6 is 0 Å². The van der Waals surface area contributed by atoms with E-state index in [4.69, 9.17) is 24.4 Å². The second-order valence-electron chi connectivity index (χ2n) is 9.84. The van der Waals surface area contributed by atoms with Crippen molar-refractivity contribution in [3.63, 3.8) is 0 Å². The molecule has 2 aromatic heterocycles. The first kappa shape index (κ1) is 26.0. The highest BCUT2D eigenvalue weighted by molar-refractivity contribution is 6.74. The molecule has 0 aromatic carbocycles. The van der Waals surface area contributed by atoms with E-state index in [0.717, 1.165) is 0 Å². The Balaban J connectivity index is 2.00. The lowest BCUT2D eigenvalue weighted by Crippen LogP contribution is -2.46. The number of carbonyl (C=O) groups excluding carboxylic acids is 2. The Hall–Kier alpha value is -2.57. The quantitative estimate of drug-likeness (QED) is 0.431. The number of imidazole rings is 1. The summed E-state index contributed by atoms with van der Waals surface area (Å²) in [6, 6.07) is 0. The second kappa shape index (κ2) is 9.96. The Morgan fingerprint density at radius 2 is 1.71 bits per heavy atom. The molecule has 2 aromatic rings. The van der Waals surface area contributed by atoms with Crippen molar-refractivity contribution in [2.45, 2.75) is 90.1 Å². The third-order valence-corrected chi connectivity index (χ3v) is 11.0. The first-order chi connectivity index (χ1) is 15.9. The van der Waals surface area contributed by atoms with Crippen LogP contribution in [0.2, 0.25) is 18.1 Å². The van der Waals surface area contributed by atoms with E-state index in [9.17, 15) is 9.59 Å². The lowest BCUT2D eigenvalue weighted by atomic mass is 10.1. The molecule has 0 bridgehead atoms. The highest BCUT2D eigenvalue weighted by Crippen LogP contribution is 2.40. The van der Waals surface area contributed by atoms with Gasteiger partial charge in [-0.05, 0) is 18.1 Å². The normalized spacial score (nSPS) is 23.3. The Morgan fingerprint density at radius 1 is 1.09 bits per heavy atom. The van der Waals surface area contributed by atoms with Crippen molar-refractivity contribution in [3.8, 4) is 0 Å². The van der Waals surface area contributed by atoms with Gasteiger partial charge in [0.1, 0.15) is 17.9 Å². The molecule has 3 heterocycles. The van der Waals surface area contributed by atoms with Crippen LogP contribution in [0.1, 0.15) is 53.7 Å². The molecular formula is C22H35N5O6Si. The van der Waals surface area contributed by atoms with Crippen LogP contribution in [0.3, 0.4) is 0 Å². The van der Waals surface area contributed by atoms with Gasteiger partial charge in [-0.25, -0.2) is 15.0 Å². The molecular weight excluding hydrogens is 458 g/mol. The number of ether oxygens (including phenoxy) is 3. The van der Waals surface area contributed by atoms with E-state index < -0.39 is 44.8 Å². The van der Waals surface area contributed by atoms with Crippen LogP contribution in [0.25, 0.3) is 11.2 Å². The minimum atomic E-state index is -2.14. The van der Waals surface area contributed by atoms with Crippen molar-refractivity contribution < 1.29 is 28.2 Å². The molecule has 3 rings (SSSR count). The Morgan fingerprint density at radius 3 is 2.29 bits per heavy atom. The van der Waals surface area contributed by atoms with Gasteiger partial charge in [-0.3, -0.25) is 14.2 Å². The van der Waals surface area contributed by atoms with Gasteiger partial charge in [0, 0.05) is 12.8 Å². The molecule has 12 heteroatoms. The van der Waals surface area contributed by atoms with Crippen LogP contribution < -0.4 is 5.73 Å². The molecule has 1 fully saturated rings. The predicted molar refractivity (Wildman–Crippen MR) is 127 cm³/mol. The summed E-state index contributed by atoms with van der Waals surface area (Å²) < 4.78 is 25.9. The standard InChI is InChI=1S/C22H35N5O6Si/c1-8-14(28)32-17-13(10-30-34(6,7)22(3,4)5)31-21(18(17)33-15(29)9-2)27-12-26-16-19(23)24-11-25-20(16)27/h11-13,17-18,21H,8-10H2,1-7H3,(H2,23,24,25)/t13-,17-,18+,21-/m1/s1. The summed E-state index contributed by atoms with van der Waals surface area (Å²) in [6.45, 7) is 14.2. The molecule has 1 aliphatic heterocycles. The minimum absolute atomic E-state index is 0.0241. The average molecular weight is 494 g/mol. The van der Waals surface area contributed by atoms with Crippen molar-refractivity contribution in [2.75, 3.05) is 12.3 Å². The van der Waals surface area contributed by atoms with E-state index in [1.165, 1.54) is 12.7 Å². The van der Waals surface area contributed by atoms with Crippen molar-refractivity contribution in [1.82, 2.24) is 19.5 Å². The van der Waals surface area contributed by atoms with E-state index >= 15 is 0 Å². The second-order valence-corrected chi connectivity index (χ2v) is 14.6. The number of hydrogen-bond acceptors (Lipinski definition) is 10. The number of nitrogens with two attached hydrogens (primary N) is 1. The summed E-state index contributed by atoms with van der Waals surface area (Å²) in [7, 11) is -2.14. The van der Waals surface area contributed by atoms with Gasteiger partial charge in [0.2, 0.25) is 0 Å². The first-order valence-electron chi connectivity index (χ1n) is 11.5. The number of hydrogen-bond donors (Lipinski definition) is 1. The van der Waals surface area contributed by atoms with Crippen LogP contribution in [0.5, 0.6) is 0 Å². The monoisotopic (exact) mass is 493 g/mol. The van der Waals surface area contributed by atoms with E-state index in [1.54, 1.807) is 18.4 Å². The molecule has 0 radical (unpaired) electrons. The maximum Gasteiger partial charge on any atom is 0.306 e. The Labute approximate surface area is 200 Å². The zero-order valence-electron chi connectivity index (χ0n) is 20.9. The van der Waals surface area contributed by atoms with Crippen molar-refractivity contribution in [1.29, 1.82) is 0 Å². The summed E-state index contributed by atoms with van der Waals surface area (Å²) in [4.78, 5) is 37.2. The van der Waals surface area contributed by atoms with Crippen LogP contribution in [0.4, 0.5) is 5.82 Å². The summed E-state index contributed by atoms with van der Waals surface area (Å²) in [6.07, 6.45) is -0.156. The molecule has 2 N–H and O–H groups in total.